The molecular formula is C19H21NO2. The Morgan fingerprint density at radius 2 is 1.82 bits per heavy atom. The Labute approximate surface area is 131 Å². The zero-order valence-corrected chi connectivity index (χ0v) is 13.0. The smallest absolute Gasteiger partial charge is 0.167 e. The molecule has 2 aromatic carbocycles. The summed E-state index contributed by atoms with van der Waals surface area (Å²) in [6.07, 6.45) is 0.934. The monoisotopic (exact) mass is 295 g/mol. The Hall–Kier alpha value is -2.13. The summed E-state index contributed by atoms with van der Waals surface area (Å²) < 4.78 is 5.17. The Morgan fingerprint density at radius 1 is 1.09 bits per heavy atom. The molecule has 2 atom stereocenters. The first-order chi connectivity index (χ1) is 10.7. The van der Waals surface area contributed by atoms with Crippen LogP contribution < -0.4 is 10.1 Å². The zero-order valence-electron chi connectivity index (χ0n) is 13.0. The molecule has 0 radical (unpaired) electrons. The summed E-state index contributed by atoms with van der Waals surface area (Å²) in [5, 5.41) is 3.54. The molecule has 3 rings (SSSR count). The molecule has 0 amide bonds. The van der Waals surface area contributed by atoms with Gasteiger partial charge in [0, 0.05) is 17.5 Å². The van der Waals surface area contributed by atoms with Gasteiger partial charge in [0.25, 0.3) is 0 Å². The lowest BCUT2D eigenvalue weighted by Gasteiger charge is -2.17. The number of hydrogen-bond acceptors (Lipinski definition) is 3. The lowest BCUT2D eigenvalue weighted by molar-refractivity contribution is 0.0927. The molecule has 3 heteroatoms. The number of nitrogens with one attached hydrogen (secondary N) is 1. The maximum Gasteiger partial charge on any atom is 0.167 e. The number of fused-ring (bicyclic) bond motifs is 1. The molecule has 2 aromatic rings. The molecule has 0 saturated heterocycles. The van der Waals surface area contributed by atoms with E-state index in [-0.39, 0.29) is 17.7 Å². The van der Waals surface area contributed by atoms with E-state index in [9.17, 15) is 4.79 Å². The first kappa shape index (κ1) is 14.8. The molecule has 0 fully saturated rings. The fraction of sp³-hybridized carbons (Fsp3) is 0.316. The second-order valence-corrected chi connectivity index (χ2v) is 5.77. The van der Waals surface area contributed by atoms with Gasteiger partial charge >= 0.3 is 0 Å². The van der Waals surface area contributed by atoms with Crippen LogP contribution in [0.5, 0.6) is 5.75 Å². The summed E-state index contributed by atoms with van der Waals surface area (Å²) >= 11 is 0. The normalized spacial score (nSPS) is 20.0. The summed E-state index contributed by atoms with van der Waals surface area (Å²) in [5.41, 5.74) is 3.27. The number of Topliss-reactive ketones (excluding diaryl/α,β-unsaturated/α-hetero) is 1. The van der Waals surface area contributed by atoms with E-state index < -0.39 is 0 Å². The van der Waals surface area contributed by atoms with Crippen molar-refractivity contribution < 1.29 is 9.53 Å². The van der Waals surface area contributed by atoms with E-state index in [1.165, 1.54) is 5.56 Å². The van der Waals surface area contributed by atoms with Gasteiger partial charge < -0.3 is 10.1 Å². The minimum Gasteiger partial charge on any atom is -0.497 e. The van der Waals surface area contributed by atoms with E-state index in [1.807, 2.05) is 37.3 Å². The number of ketones is 1. The van der Waals surface area contributed by atoms with E-state index >= 15 is 0 Å². The van der Waals surface area contributed by atoms with Gasteiger partial charge in [-0.3, -0.25) is 4.79 Å². The molecule has 0 aromatic heterocycles. The Kier molecular flexibility index (Phi) is 4.25. The highest BCUT2D eigenvalue weighted by atomic mass is 16.5. The third-order valence-corrected chi connectivity index (χ3v) is 4.41. The molecule has 1 aliphatic rings. The fourth-order valence-corrected chi connectivity index (χ4v) is 3.11. The van der Waals surface area contributed by atoms with Crippen molar-refractivity contribution in [1.29, 1.82) is 0 Å². The summed E-state index contributed by atoms with van der Waals surface area (Å²) in [6, 6.07) is 16.2. The van der Waals surface area contributed by atoms with Crippen molar-refractivity contribution in [3.63, 3.8) is 0 Å². The Bertz CT molecular complexity index is 663. The number of carbonyl (C=O) groups is 1. The molecule has 2 unspecified atom stereocenters. The lowest BCUT2D eigenvalue weighted by atomic mass is 10.0. The molecule has 3 nitrogen and oxygen atoms in total. The molecular weight excluding hydrogens is 274 g/mol. The van der Waals surface area contributed by atoms with Gasteiger partial charge in [-0.1, -0.05) is 43.3 Å². The maximum absolute atomic E-state index is 12.3. The topological polar surface area (TPSA) is 38.3 Å². The van der Waals surface area contributed by atoms with Gasteiger partial charge in [-0.2, -0.15) is 0 Å². The summed E-state index contributed by atoms with van der Waals surface area (Å²) in [6.45, 7) is 2.86. The molecule has 1 N–H and O–H groups in total. The van der Waals surface area contributed by atoms with Gasteiger partial charge in [-0.25, -0.2) is 0 Å². The van der Waals surface area contributed by atoms with Crippen LogP contribution in [0.2, 0.25) is 0 Å². The SMILES string of the molecule is COc1ccc(CCNC2c3ccccc3C(=O)C2C)cc1. The van der Waals surface area contributed by atoms with Crippen molar-refractivity contribution in [3.05, 3.63) is 65.2 Å². The van der Waals surface area contributed by atoms with E-state index in [4.69, 9.17) is 4.74 Å². The number of ether oxygens (including phenoxy) is 1. The van der Waals surface area contributed by atoms with Gasteiger partial charge in [0.15, 0.2) is 5.78 Å². The van der Waals surface area contributed by atoms with E-state index in [0.29, 0.717) is 0 Å². The number of benzene rings is 2. The minimum atomic E-state index is 0.00765. The molecule has 0 bridgehead atoms. The van der Waals surface area contributed by atoms with Gasteiger partial charge in [0.1, 0.15) is 5.75 Å². The molecule has 0 spiro atoms. The molecule has 114 valence electrons. The van der Waals surface area contributed by atoms with Crippen LogP contribution in [0.15, 0.2) is 48.5 Å². The first-order valence-electron chi connectivity index (χ1n) is 7.70. The number of rotatable bonds is 5. The van der Waals surface area contributed by atoms with Crippen molar-refractivity contribution in [2.24, 2.45) is 5.92 Å². The lowest BCUT2D eigenvalue weighted by Crippen LogP contribution is -2.27. The molecule has 22 heavy (non-hydrogen) atoms. The van der Waals surface area contributed by atoms with Gasteiger partial charge in [0.05, 0.1) is 7.11 Å². The van der Waals surface area contributed by atoms with Crippen LogP contribution >= 0.6 is 0 Å². The molecule has 0 aliphatic heterocycles. The average Bonchev–Trinajstić information content (AvgIpc) is 2.81. The largest absolute Gasteiger partial charge is 0.497 e. The quantitative estimate of drug-likeness (QED) is 0.918. The van der Waals surface area contributed by atoms with Crippen molar-refractivity contribution >= 4 is 5.78 Å². The average molecular weight is 295 g/mol. The Balaban J connectivity index is 1.63. The summed E-state index contributed by atoms with van der Waals surface area (Å²) in [5.74, 6) is 1.13. The maximum atomic E-state index is 12.3. The number of carbonyl (C=O) groups excluding carboxylic acids is 1. The van der Waals surface area contributed by atoms with E-state index in [2.05, 4.69) is 23.5 Å². The predicted octanol–water partition coefficient (Wildman–Crippen LogP) is 3.40. The van der Waals surface area contributed by atoms with Crippen molar-refractivity contribution in [2.75, 3.05) is 13.7 Å². The standard InChI is InChI=1S/C19H21NO2/c1-13-18(16-5-3-4-6-17(16)19(13)21)20-12-11-14-7-9-15(22-2)10-8-14/h3-10,13,18,20H,11-12H2,1-2H3. The number of hydrogen-bond donors (Lipinski definition) is 1. The van der Waals surface area contributed by atoms with Crippen molar-refractivity contribution in [3.8, 4) is 5.75 Å². The van der Waals surface area contributed by atoms with E-state index in [0.717, 1.165) is 29.8 Å². The summed E-state index contributed by atoms with van der Waals surface area (Å²) in [7, 11) is 1.67. The third-order valence-electron chi connectivity index (χ3n) is 4.41. The molecule has 0 saturated carbocycles. The summed E-state index contributed by atoms with van der Waals surface area (Å²) in [4.78, 5) is 12.3. The highest BCUT2D eigenvalue weighted by Gasteiger charge is 2.35. The highest BCUT2D eigenvalue weighted by molar-refractivity contribution is 6.02. The van der Waals surface area contributed by atoms with Crippen LogP contribution in [0.1, 0.15) is 34.5 Å². The van der Waals surface area contributed by atoms with Crippen LogP contribution in [-0.4, -0.2) is 19.4 Å². The van der Waals surface area contributed by atoms with Crippen LogP contribution in [-0.2, 0) is 6.42 Å². The molecule has 1 aliphatic carbocycles. The van der Waals surface area contributed by atoms with Crippen LogP contribution in [0.4, 0.5) is 0 Å². The van der Waals surface area contributed by atoms with Crippen molar-refractivity contribution in [1.82, 2.24) is 5.32 Å². The third kappa shape index (κ3) is 2.77. The first-order valence-corrected chi connectivity index (χ1v) is 7.70. The number of methoxy groups -OCH3 is 1. The van der Waals surface area contributed by atoms with Gasteiger partial charge in [-0.05, 0) is 36.2 Å². The fourth-order valence-electron chi connectivity index (χ4n) is 3.11. The molecule has 0 heterocycles. The zero-order chi connectivity index (χ0) is 15.5. The van der Waals surface area contributed by atoms with Gasteiger partial charge in [-0.15, -0.1) is 0 Å². The second kappa shape index (κ2) is 6.32. The predicted molar refractivity (Wildman–Crippen MR) is 87.4 cm³/mol. The van der Waals surface area contributed by atoms with Crippen LogP contribution in [0.25, 0.3) is 0 Å². The second-order valence-electron chi connectivity index (χ2n) is 5.77. The van der Waals surface area contributed by atoms with E-state index in [1.54, 1.807) is 7.11 Å². The minimum absolute atomic E-state index is 0.00765. The van der Waals surface area contributed by atoms with Crippen LogP contribution in [0.3, 0.4) is 0 Å². The van der Waals surface area contributed by atoms with Crippen molar-refractivity contribution in [2.45, 2.75) is 19.4 Å². The van der Waals surface area contributed by atoms with Gasteiger partial charge in [0.2, 0.25) is 0 Å². The highest BCUT2D eigenvalue weighted by Crippen LogP contribution is 2.35. The van der Waals surface area contributed by atoms with Crippen LogP contribution in [0, 0.1) is 5.92 Å². The Morgan fingerprint density at radius 3 is 2.55 bits per heavy atom.